The van der Waals surface area contributed by atoms with Crippen LogP contribution in [0.25, 0.3) is 5.76 Å². The van der Waals surface area contributed by atoms with Crippen LogP contribution in [0.15, 0.2) is 72.3 Å². The predicted octanol–water partition coefficient (Wildman–Crippen LogP) is 4.78. The molecule has 0 saturated carbocycles. The molecule has 1 N–H and O–H groups in total. The Labute approximate surface area is 190 Å². The second-order valence-corrected chi connectivity index (χ2v) is 7.63. The second kappa shape index (κ2) is 8.78. The normalized spacial score (nSPS) is 17.3. The van der Waals surface area contributed by atoms with E-state index in [2.05, 4.69) is 0 Å². The number of hydrogen-bond acceptors (Lipinski definition) is 5. The quantitative estimate of drug-likeness (QED) is 0.346. The van der Waals surface area contributed by atoms with Gasteiger partial charge in [-0.05, 0) is 55.0 Å². The molecule has 7 heteroatoms. The molecule has 4 rings (SSSR count). The first-order valence-electron chi connectivity index (χ1n) is 10.2. The van der Waals surface area contributed by atoms with Crippen molar-refractivity contribution in [2.45, 2.75) is 13.0 Å². The number of Topliss-reactive ketones (excluding diaryl/α,β-unsaturated/α-hetero) is 1. The van der Waals surface area contributed by atoms with Gasteiger partial charge in [0.2, 0.25) is 0 Å². The number of aliphatic hydroxyl groups is 1. The highest BCUT2D eigenvalue weighted by atomic mass is 19.1. The number of aryl methyl sites for hydroxylation is 1. The fraction of sp³-hybridized carbons (Fsp3) is 0.154. The number of aliphatic hydroxyl groups excluding tert-OH is 1. The van der Waals surface area contributed by atoms with Crippen LogP contribution in [0, 0.1) is 12.7 Å². The van der Waals surface area contributed by atoms with E-state index in [9.17, 15) is 19.1 Å². The Hall–Kier alpha value is -4.13. The summed E-state index contributed by atoms with van der Waals surface area (Å²) in [5.41, 5.74) is 1.83. The number of methoxy groups -OCH3 is 2. The van der Waals surface area contributed by atoms with E-state index in [1.54, 1.807) is 36.4 Å². The Bertz CT molecular complexity index is 1270. The summed E-state index contributed by atoms with van der Waals surface area (Å²) in [7, 11) is 2.88. The van der Waals surface area contributed by atoms with E-state index in [0.717, 1.165) is 11.6 Å². The molecule has 1 unspecified atom stereocenters. The third-order valence-corrected chi connectivity index (χ3v) is 5.58. The maximum Gasteiger partial charge on any atom is 0.300 e. The van der Waals surface area contributed by atoms with Crippen molar-refractivity contribution >= 4 is 23.1 Å². The minimum atomic E-state index is -0.962. The molecule has 0 bridgehead atoms. The number of nitrogens with zero attached hydrogens (tertiary/aromatic N) is 1. The molecule has 3 aromatic carbocycles. The number of amides is 1. The van der Waals surface area contributed by atoms with Crippen LogP contribution < -0.4 is 14.4 Å². The molecule has 1 aliphatic heterocycles. The van der Waals surface area contributed by atoms with E-state index in [-0.39, 0.29) is 16.9 Å². The Morgan fingerprint density at radius 2 is 1.70 bits per heavy atom. The maximum atomic E-state index is 14.0. The van der Waals surface area contributed by atoms with Crippen molar-refractivity contribution in [1.82, 2.24) is 0 Å². The van der Waals surface area contributed by atoms with Gasteiger partial charge in [-0.25, -0.2) is 4.39 Å². The lowest BCUT2D eigenvalue weighted by Gasteiger charge is -2.26. The first-order valence-corrected chi connectivity index (χ1v) is 10.2. The molecule has 1 atom stereocenters. The van der Waals surface area contributed by atoms with Crippen molar-refractivity contribution in [3.05, 3.63) is 94.8 Å². The molecule has 6 nitrogen and oxygen atoms in total. The Balaban J connectivity index is 1.99. The van der Waals surface area contributed by atoms with Gasteiger partial charge in [0, 0.05) is 5.69 Å². The molecular formula is C26H22FNO5. The Morgan fingerprint density at radius 3 is 2.36 bits per heavy atom. The van der Waals surface area contributed by atoms with Gasteiger partial charge in [0.05, 0.1) is 31.4 Å². The average Bonchev–Trinajstić information content (AvgIpc) is 3.09. The fourth-order valence-corrected chi connectivity index (χ4v) is 3.94. The molecule has 1 aliphatic rings. The van der Waals surface area contributed by atoms with Gasteiger partial charge in [-0.1, -0.05) is 29.8 Å². The molecular weight excluding hydrogens is 425 g/mol. The van der Waals surface area contributed by atoms with Gasteiger partial charge in [0.15, 0.2) is 0 Å². The monoisotopic (exact) mass is 447 g/mol. The summed E-state index contributed by atoms with van der Waals surface area (Å²) in [6.07, 6.45) is 0. The lowest BCUT2D eigenvalue weighted by atomic mass is 9.94. The van der Waals surface area contributed by atoms with Gasteiger partial charge in [-0.3, -0.25) is 14.5 Å². The number of benzene rings is 3. The van der Waals surface area contributed by atoms with Gasteiger partial charge < -0.3 is 14.6 Å². The maximum absolute atomic E-state index is 14.0. The Morgan fingerprint density at radius 1 is 0.970 bits per heavy atom. The predicted molar refractivity (Wildman–Crippen MR) is 122 cm³/mol. The molecule has 1 heterocycles. The topological polar surface area (TPSA) is 76.1 Å². The summed E-state index contributed by atoms with van der Waals surface area (Å²) in [4.78, 5) is 27.7. The largest absolute Gasteiger partial charge is 0.507 e. The number of carbonyl (C=O) groups is 2. The molecule has 1 saturated heterocycles. The highest BCUT2D eigenvalue weighted by Crippen LogP contribution is 2.43. The van der Waals surface area contributed by atoms with Crippen molar-refractivity contribution in [2.24, 2.45) is 0 Å². The summed E-state index contributed by atoms with van der Waals surface area (Å²) in [6, 6.07) is 16.6. The molecule has 1 amide bonds. The van der Waals surface area contributed by atoms with Gasteiger partial charge in [-0.15, -0.1) is 0 Å². The van der Waals surface area contributed by atoms with E-state index in [1.807, 2.05) is 19.1 Å². The molecule has 0 spiro atoms. The third kappa shape index (κ3) is 3.93. The molecule has 0 aromatic heterocycles. The smallest absolute Gasteiger partial charge is 0.300 e. The van der Waals surface area contributed by atoms with Crippen molar-refractivity contribution in [2.75, 3.05) is 19.1 Å². The van der Waals surface area contributed by atoms with Crippen molar-refractivity contribution in [3.63, 3.8) is 0 Å². The van der Waals surface area contributed by atoms with E-state index in [4.69, 9.17) is 9.47 Å². The zero-order valence-corrected chi connectivity index (χ0v) is 18.3. The van der Waals surface area contributed by atoms with Crippen LogP contribution in [0.4, 0.5) is 10.1 Å². The fourth-order valence-electron chi connectivity index (χ4n) is 3.94. The number of ketones is 1. The first kappa shape index (κ1) is 22.1. The van der Waals surface area contributed by atoms with Crippen LogP contribution in [-0.4, -0.2) is 31.0 Å². The summed E-state index contributed by atoms with van der Waals surface area (Å²) >= 11 is 0. The Kier molecular flexibility index (Phi) is 5.87. The van der Waals surface area contributed by atoms with Crippen molar-refractivity contribution < 1.29 is 28.6 Å². The zero-order valence-electron chi connectivity index (χ0n) is 18.3. The number of hydrogen-bond donors (Lipinski definition) is 1. The van der Waals surface area contributed by atoms with E-state index >= 15 is 0 Å². The van der Waals surface area contributed by atoms with Crippen LogP contribution in [0.5, 0.6) is 11.5 Å². The van der Waals surface area contributed by atoms with E-state index in [0.29, 0.717) is 17.0 Å². The lowest BCUT2D eigenvalue weighted by Crippen LogP contribution is -2.29. The molecule has 33 heavy (non-hydrogen) atoms. The average molecular weight is 447 g/mol. The van der Waals surface area contributed by atoms with Gasteiger partial charge in [0.1, 0.15) is 23.1 Å². The van der Waals surface area contributed by atoms with E-state index < -0.39 is 29.3 Å². The summed E-state index contributed by atoms with van der Waals surface area (Å²) in [5, 5.41) is 11.2. The van der Waals surface area contributed by atoms with E-state index in [1.165, 1.54) is 31.3 Å². The van der Waals surface area contributed by atoms with Crippen molar-refractivity contribution in [1.29, 1.82) is 0 Å². The number of ether oxygens (including phenoxy) is 2. The highest BCUT2D eigenvalue weighted by molar-refractivity contribution is 6.51. The minimum Gasteiger partial charge on any atom is -0.507 e. The van der Waals surface area contributed by atoms with Gasteiger partial charge in [-0.2, -0.15) is 0 Å². The third-order valence-electron chi connectivity index (χ3n) is 5.58. The summed E-state index contributed by atoms with van der Waals surface area (Å²) in [6.45, 7) is 1.91. The number of rotatable bonds is 5. The summed E-state index contributed by atoms with van der Waals surface area (Å²) in [5.74, 6) is -2.14. The number of halogens is 1. The van der Waals surface area contributed by atoms with Crippen LogP contribution in [0.1, 0.15) is 22.7 Å². The minimum absolute atomic E-state index is 0.0210. The first-order chi connectivity index (χ1) is 15.8. The van der Waals surface area contributed by atoms with Crippen LogP contribution in [0.2, 0.25) is 0 Å². The van der Waals surface area contributed by atoms with Crippen molar-refractivity contribution in [3.8, 4) is 11.5 Å². The van der Waals surface area contributed by atoms with Gasteiger partial charge >= 0.3 is 0 Å². The molecule has 3 aromatic rings. The second-order valence-electron chi connectivity index (χ2n) is 7.63. The molecule has 1 fully saturated rings. The van der Waals surface area contributed by atoms with Crippen LogP contribution in [-0.2, 0) is 9.59 Å². The molecule has 0 aliphatic carbocycles. The molecule has 168 valence electrons. The van der Waals surface area contributed by atoms with Crippen LogP contribution >= 0.6 is 0 Å². The molecule has 0 radical (unpaired) electrons. The highest BCUT2D eigenvalue weighted by Gasteiger charge is 2.47. The van der Waals surface area contributed by atoms with Crippen LogP contribution in [0.3, 0.4) is 0 Å². The summed E-state index contributed by atoms with van der Waals surface area (Å²) < 4.78 is 24.6. The SMILES string of the molecule is COc1cccc(C2/C(=C(\O)c3cc(F)ccc3OC)C(=O)C(=O)N2c2ccc(C)cc2)c1. The lowest BCUT2D eigenvalue weighted by molar-refractivity contribution is -0.132. The zero-order chi connectivity index (χ0) is 23.7. The number of anilines is 1. The number of carbonyl (C=O) groups excluding carboxylic acids is 2. The standard InChI is InChI=1S/C26H22FNO5/c1-15-7-10-18(11-8-15)28-23(16-5-4-6-19(13-16)32-2)22(25(30)26(28)31)24(29)20-14-17(27)9-12-21(20)33-3/h4-14,23,29H,1-3H3/b24-22+. The van der Waals surface area contributed by atoms with Gasteiger partial charge in [0.25, 0.3) is 11.7 Å².